The Morgan fingerprint density at radius 3 is 2.53 bits per heavy atom. The van der Waals surface area contributed by atoms with E-state index in [1.54, 1.807) is 42.5 Å². The van der Waals surface area contributed by atoms with E-state index in [4.69, 9.17) is 17.0 Å². The molecule has 172 valence electrons. The minimum Gasteiger partial charge on any atom is -0.488 e. The van der Waals surface area contributed by atoms with Gasteiger partial charge in [-0.25, -0.2) is 4.39 Å². The molecule has 2 amide bonds. The number of thiocarbonyl (C=S) groups is 1. The van der Waals surface area contributed by atoms with Crippen LogP contribution in [-0.2, 0) is 22.6 Å². The van der Waals surface area contributed by atoms with Gasteiger partial charge in [0.15, 0.2) is 5.11 Å². The van der Waals surface area contributed by atoms with Crippen LogP contribution in [0.2, 0.25) is 0 Å². The van der Waals surface area contributed by atoms with Crippen LogP contribution >= 0.6 is 28.1 Å². The highest BCUT2D eigenvalue weighted by Gasteiger charge is 2.34. The maximum absolute atomic E-state index is 13.5. The average molecular weight is 539 g/mol. The number of benzene rings is 3. The molecule has 1 heterocycles. The molecule has 0 bridgehead atoms. The maximum Gasteiger partial charge on any atom is 0.270 e. The Morgan fingerprint density at radius 2 is 1.82 bits per heavy atom. The summed E-state index contributed by atoms with van der Waals surface area (Å²) in [5, 5.41) is 2.61. The first-order chi connectivity index (χ1) is 16.4. The Balaban J connectivity index is 1.66. The summed E-state index contributed by atoms with van der Waals surface area (Å²) in [6, 6.07) is 18.8. The Labute approximate surface area is 210 Å². The molecule has 34 heavy (non-hydrogen) atoms. The Hall–Kier alpha value is -3.36. The summed E-state index contributed by atoms with van der Waals surface area (Å²) in [7, 11) is 0. The second kappa shape index (κ2) is 10.3. The Kier molecular flexibility index (Phi) is 7.19. The number of halogens is 2. The number of carbonyl (C=O) groups excluding carboxylic acids is 2. The smallest absolute Gasteiger partial charge is 0.270 e. The van der Waals surface area contributed by atoms with Crippen LogP contribution in [0.15, 0.2) is 76.8 Å². The lowest BCUT2D eigenvalue weighted by Crippen LogP contribution is -2.54. The molecule has 1 aliphatic rings. The summed E-state index contributed by atoms with van der Waals surface area (Å²) in [6.45, 7) is 2.16. The van der Waals surface area contributed by atoms with Crippen molar-refractivity contribution >= 4 is 56.8 Å². The minimum absolute atomic E-state index is 0.0215. The highest BCUT2D eigenvalue weighted by atomic mass is 79.9. The molecule has 1 N–H and O–H groups in total. The molecule has 0 radical (unpaired) electrons. The summed E-state index contributed by atoms with van der Waals surface area (Å²) >= 11 is 8.70. The van der Waals surface area contributed by atoms with Crippen molar-refractivity contribution in [2.75, 3.05) is 4.90 Å². The molecule has 0 saturated carbocycles. The number of nitrogens with one attached hydrogen (secondary N) is 1. The molecular formula is C26H20BrFN2O3S. The molecule has 0 aliphatic carbocycles. The molecule has 3 aromatic carbocycles. The predicted octanol–water partition coefficient (Wildman–Crippen LogP) is 5.56. The second-order valence-electron chi connectivity index (χ2n) is 7.58. The summed E-state index contributed by atoms with van der Waals surface area (Å²) in [5.41, 5.74) is 2.77. The standard InChI is InChI=1S/C26H20BrFN2O3S/c1-2-16-6-9-21(10-7-16)30-25(32)22(24(31)29-26(30)34)14-18-13-19(27)8-11-23(18)33-15-17-4-3-5-20(28)12-17/h3-14H,2,15H2,1H3,(H,29,31,34)/b22-14+. The van der Waals surface area contributed by atoms with Crippen LogP contribution in [0.4, 0.5) is 10.1 Å². The molecule has 0 spiro atoms. The Morgan fingerprint density at radius 1 is 1.06 bits per heavy atom. The largest absolute Gasteiger partial charge is 0.488 e. The third-order valence-electron chi connectivity index (χ3n) is 5.26. The molecule has 1 fully saturated rings. The summed E-state index contributed by atoms with van der Waals surface area (Å²) < 4.78 is 20.1. The fourth-order valence-electron chi connectivity index (χ4n) is 3.48. The summed E-state index contributed by atoms with van der Waals surface area (Å²) in [4.78, 5) is 27.3. The van der Waals surface area contributed by atoms with E-state index in [1.165, 1.54) is 23.1 Å². The van der Waals surface area contributed by atoms with Gasteiger partial charge in [-0.05, 0) is 78.3 Å². The van der Waals surface area contributed by atoms with Crippen molar-refractivity contribution in [1.29, 1.82) is 0 Å². The van der Waals surface area contributed by atoms with Gasteiger partial charge < -0.3 is 4.74 Å². The zero-order valence-electron chi connectivity index (χ0n) is 18.2. The predicted molar refractivity (Wildman–Crippen MR) is 137 cm³/mol. The molecule has 1 aliphatic heterocycles. The molecule has 0 aromatic heterocycles. The van der Waals surface area contributed by atoms with E-state index < -0.39 is 11.8 Å². The van der Waals surface area contributed by atoms with Crippen LogP contribution in [0.25, 0.3) is 6.08 Å². The first-order valence-corrected chi connectivity index (χ1v) is 11.7. The molecule has 4 rings (SSSR count). The molecule has 8 heteroatoms. The highest BCUT2D eigenvalue weighted by Crippen LogP contribution is 2.29. The van der Waals surface area contributed by atoms with Gasteiger partial charge in [-0.3, -0.25) is 19.8 Å². The molecule has 5 nitrogen and oxygen atoms in total. The molecule has 0 atom stereocenters. The lowest BCUT2D eigenvalue weighted by Gasteiger charge is -2.29. The number of rotatable bonds is 6. The normalized spacial score (nSPS) is 15.0. The number of nitrogens with zero attached hydrogens (tertiary/aromatic N) is 1. The number of amides is 2. The summed E-state index contributed by atoms with van der Waals surface area (Å²) in [5.74, 6) is -1.04. The van der Waals surface area contributed by atoms with Gasteiger partial charge in [0.2, 0.25) is 0 Å². The zero-order valence-corrected chi connectivity index (χ0v) is 20.6. The monoisotopic (exact) mass is 538 g/mol. The van der Waals surface area contributed by atoms with Crippen LogP contribution < -0.4 is 15.0 Å². The fourth-order valence-corrected chi connectivity index (χ4v) is 4.14. The lowest BCUT2D eigenvalue weighted by molar-refractivity contribution is -0.122. The van der Waals surface area contributed by atoms with Crippen LogP contribution in [0.5, 0.6) is 5.75 Å². The third-order valence-corrected chi connectivity index (χ3v) is 6.04. The van der Waals surface area contributed by atoms with Crippen LogP contribution in [0.1, 0.15) is 23.6 Å². The number of carbonyl (C=O) groups is 2. The van der Waals surface area contributed by atoms with Crippen molar-refractivity contribution in [1.82, 2.24) is 5.32 Å². The topological polar surface area (TPSA) is 58.6 Å². The van der Waals surface area contributed by atoms with E-state index in [9.17, 15) is 14.0 Å². The van der Waals surface area contributed by atoms with Crippen molar-refractivity contribution in [3.8, 4) is 5.75 Å². The van der Waals surface area contributed by atoms with Crippen LogP contribution in [-0.4, -0.2) is 16.9 Å². The first kappa shape index (κ1) is 23.8. The van der Waals surface area contributed by atoms with Gasteiger partial charge in [-0.15, -0.1) is 0 Å². The van der Waals surface area contributed by atoms with Gasteiger partial charge in [0, 0.05) is 10.0 Å². The molecule has 3 aromatic rings. The van der Waals surface area contributed by atoms with Crippen molar-refractivity contribution in [3.63, 3.8) is 0 Å². The molecule has 1 saturated heterocycles. The van der Waals surface area contributed by atoms with Gasteiger partial charge in [-0.1, -0.05) is 47.1 Å². The van der Waals surface area contributed by atoms with Crippen molar-refractivity contribution in [2.24, 2.45) is 0 Å². The number of anilines is 1. The van der Waals surface area contributed by atoms with Gasteiger partial charge >= 0.3 is 0 Å². The van der Waals surface area contributed by atoms with E-state index in [0.29, 0.717) is 22.6 Å². The maximum atomic E-state index is 13.5. The van der Waals surface area contributed by atoms with Gasteiger partial charge in [0.05, 0.1) is 5.69 Å². The first-order valence-electron chi connectivity index (χ1n) is 10.5. The zero-order chi connectivity index (χ0) is 24.2. The lowest BCUT2D eigenvalue weighted by atomic mass is 10.1. The number of hydrogen-bond donors (Lipinski definition) is 1. The Bertz CT molecular complexity index is 1310. The summed E-state index contributed by atoms with van der Waals surface area (Å²) in [6.07, 6.45) is 2.33. The number of hydrogen-bond acceptors (Lipinski definition) is 4. The quantitative estimate of drug-likeness (QED) is 0.253. The number of ether oxygens (including phenoxy) is 1. The van der Waals surface area contributed by atoms with E-state index >= 15 is 0 Å². The van der Waals surface area contributed by atoms with E-state index in [2.05, 4.69) is 21.2 Å². The van der Waals surface area contributed by atoms with Gasteiger partial charge in [0.25, 0.3) is 11.8 Å². The highest BCUT2D eigenvalue weighted by molar-refractivity contribution is 9.10. The van der Waals surface area contributed by atoms with Gasteiger partial charge in [0.1, 0.15) is 23.7 Å². The third kappa shape index (κ3) is 5.24. The van der Waals surface area contributed by atoms with E-state index in [-0.39, 0.29) is 23.1 Å². The van der Waals surface area contributed by atoms with Crippen LogP contribution in [0, 0.1) is 5.82 Å². The van der Waals surface area contributed by atoms with Crippen molar-refractivity contribution in [3.05, 3.63) is 99.3 Å². The average Bonchev–Trinajstić information content (AvgIpc) is 2.81. The molecule has 0 unspecified atom stereocenters. The SMILES string of the molecule is CCc1ccc(N2C(=O)/C(=C/c3cc(Br)ccc3OCc3cccc(F)c3)C(=O)NC2=S)cc1. The van der Waals surface area contributed by atoms with Gasteiger partial charge in [-0.2, -0.15) is 0 Å². The van der Waals surface area contributed by atoms with Crippen molar-refractivity contribution in [2.45, 2.75) is 20.0 Å². The van der Waals surface area contributed by atoms with Crippen molar-refractivity contribution < 1.29 is 18.7 Å². The minimum atomic E-state index is -0.590. The van der Waals surface area contributed by atoms with Crippen LogP contribution in [0.3, 0.4) is 0 Å². The van der Waals surface area contributed by atoms with E-state index in [0.717, 1.165) is 16.5 Å². The van der Waals surface area contributed by atoms with E-state index in [1.807, 2.05) is 19.1 Å². The number of aryl methyl sites for hydroxylation is 1. The second-order valence-corrected chi connectivity index (χ2v) is 8.88. The molecular weight excluding hydrogens is 519 g/mol. The fraction of sp³-hybridized carbons (Fsp3) is 0.115.